The summed E-state index contributed by atoms with van der Waals surface area (Å²) in [5, 5.41) is 2.43. The molecule has 7 nitrogen and oxygen atoms in total. The van der Waals surface area contributed by atoms with Crippen LogP contribution in [0.4, 0.5) is 0 Å². The lowest BCUT2D eigenvalue weighted by atomic mass is 9.66. The molecule has 0 bridgehead atoms. The smallest absolute Gasteiger partial charge is 0.156 e. The van der Waals surface area contributed by atoms with Crippen molar-refractivity contribution in [2.24, 2.45) is 0 Å². The highest BCUT2D eigenvalue weighted by molar-refractivity contribution is 9.11. The SMILES string of the molecule is Brc1cccc2c1Oc1c(-n3c4ccccc4c4ccccc43)cccc1C21c2cccnc2-c2ncccc21.Brc1cccc2c1Oc1c(Br)cccc1C21c2cccnc2-c2ncccc21.C.P.c1ccc2c(c1)Cc1ccccc1-2. The number of aromatic nitrogens is 5. The van der Waals surface area contributed by atoms with Crippen molar-refractivity contribution < 1.29 is 9.47 Å². The molecule has 0 amide bonds. The molecule has 11 heteroatoms. The minimum absolute atomic E-state index is 0. The highest BCUT2D eigenvalue weighted by Crippen LogP contribution is 2.65. The molecule has 83 heavy (non-hydrogen) atoms. The number of benzene rings is 8. The highest BCUT2D eigenvalue weighted by Gasteiger charge is 2.55. The first kappa shape index (κ1) is 52.7. The van der Waals surface area contributed by atoms with Crippen LogP contribution < -0.4 is 9.47 Å². The molecule has 1 atom stereocenters. The standard InChI is InChI=1S/C35H20BrN3O.C23H12Br2N2O.C13H10.CH4.H3P/c36-27-15-5-11-25-33(27)40-34-26(35(25)23-13-7-19-37-31(23)32-24(35)14-8-20-38-32)12-6-18-30(34)39-28-16-3-1-9-21(28)22-10-2-4-17-29(22)39;24-17-9-1-5-15-21(17)28-22-16(6-2-10-18(22)25)23(15)13-7-3-11-26-19(13)20-14(23)8-4-12-27-20;1-3-7-12-10(5-1)9-11-6-2-4-8-13(11)12;;/h1-20H;1-12H;1-8H,9H2;1H4;1H3. The summed E-state index contributed by atoms with van der Waals surface area (Å²) in [6.45, 7) is 0. The Labute approximate surface area is 509 Å². The number of nitrogens with zero attached hydrogens (tertiary/aromatic N) is 5. The Kier molecular flexibility index (Phi) is 13.0. The van der Waals surface area contributed by atoms with Crippen LogP contribution in [0.2, 0.25) is 0 Å². The molecule has 7 heterocycles. The van der Waals surface area contributed by atoms with E-state index in [1.165, 1.54) is 33.0 Å². The molecule has 0 saturated carbocycles. The second-order valence-corrected chi connectivity index (χ2v) is 23.2. The van der Waals surface area contributed by atoms with Crippen LogP contribution in [-0.4, -0.2) is 24.5 Å². The molecule has 5 aliphatic rings. The minimum atomic E-state index is -0.630. The Morgan fingerprint density at radius 3 is 1.07 bits per heavy atom. The van der Waals surface area contributed by atoms with Gasteiger partial charge in [0.15, 0.2) is 5.75 Å². The summed E-state index contributed by atoms with van der Waals surface area (Å²) in [5.41, 5.74) is 20.4. The molecule has 0 saturated heterocycles. The Morgan fingerprint density at radius 1 is 0.337 bits per heavy atom. The fraction of sp³-hybridized carbons (Fsp3) is 0.0556. The van der Waals surface area contributed by atoms with Crippen LogP contribution in [-0.2, 0) is 17.3 Å². The van der Waals surface area contributed by atoms with Crippen LogP contribution in [0.1, 0.15) is 63.1 Å². The molecule has 0 N–H and O–H groups in total. The Hall–Kier alpha value is -8.37. The first-order chi connectivity index (χ1) is 40.0. The summed E-state index contributed by atoms with van der Waals surface area (Å²) in [5.74, 6) is 3.30. The van der Waals surface area contributed by atoms with Gasteiger partial charge in [0.05, 0.1) is 63.7 Å². The van der Waals surface area contributed by atoms with Crippen molar-refractivity contribution in [2.75, 3.05) is 0 Å². The number of halogens is 3. The highest BCUT2D eigenvalue weighted by atomic mass is 79.9. The van der Waals surface area contributed by atoms with Gasteiger partial charge in [0.2, 0.25) is 0 Å². The molecule has 18 rings (SSSR count). The Balaban J connectivity index is 0.000000124. The predicted octanol–water partition coefficient (Wildman–Crippen LogP) is 19.2. The van der Waals surface area contributed by atoms with E-state index in [-0.39, 0.29) is 17.3 Å². The van der Waals surface area contributed by atoms with E-state index in [0.29, 0.717) is 0 Å². The van der Waals surface area contributed by atoms with E-state index < -0.39 is 10.8 Å². The number of hydrogen-bond acceptors (Lipinski definition) is 6. The van der Waals surface area contributed by atoms with Gasteiger partial charge in [0, 0.05) is 57.8 Å². The lowest BCUT2D eigenvalue weighted by Crippen LogP contribution is -2.32. The maximum Gasteiger partial charge on any atom is 0.156 e. The number of pyridine rings is 4. The molecule has 8 aromatic carbocycles. The van der Waals surface area contributed by atoms with Gasteiger partial charge < -0.3 is 14.0 Å². The lowest BCUT2D eigenvalue weighted by Gasteiger charge is -2.40. The summed E-state index contributed by atoms with van der Waals surface area (Å²) in [6, 6.07) is 76.5. The molecule has 3 aliphatic carbocycles. The van der Waals surface area contributed by atoms with Gasteiger partial charge in [-0.15, -0.1) is 0 Å². The van der Waals surface area contributed by atoms with Crippen molar-refractivity contribution in [3.63, 3.8) is 0 Å². The topological polar surface area (TPSA) is 75.0 Å². The number of rotatable bonds is 1. The molecule has 13 aromatic rings. The van der Waals surface area contributed by atoms with Crippen molar-refractivity contribution in [2.45, 2.75) is 24.7 Å². The fourth-order valence-electron chi connectivity index (χ4n) is 13.6. The normalized spacial score (nSPS) is 13.6. The van der Waals surface area contributed by atoms with E-state index in [1.807, 2.05) is 67.3 Å². The zero-order valence-electron chi connectivity index (χ0n) is 43.7. The minimum Gasteiger partial charge on any atom is -0.454 e. The summed E-state index contributed by atoms with van der Waals surface area (Å²) in [4.78, 5) is 19.1. The fourth-order valence-corrected chi connectivity index (χ4v) is 15.0. The third kappa shape index (κ3) is 7.55. The van der Waals surface area contributed by atoms with Crippen LogP contribution in [0.3, 0.4) is 0 Å². The van der Waals surface area contributed by atoms with E-state index in [4.69, 9.17) is 29.4 Å². The van der Waals surface area contributed by atoms with Gasteiger partial charge >= 0.3 is 0 Å². The van der Waals surface area contributed by atoms with E-state index in [2.05, 4.69) is 228 Å². The number of hydrogen-bond donors (Lipinski definition) is 0. The van der Waals surface area contributed by atoms with E-state index in [9.17, 15) is 0 Å². The molecular formula is C72H49Br3N5O2P. The second kappa shape index (κ2) is 20.5. The molecule has 2 aliphatic heterocycles. The summed E-state index contributed by atoms with van der Waals surface area (Å²) in [7, 11) is 0. The van der Waals surface area contributed by atoms with Gasteiger partial charge in [-0.05, 0) is 159 Å². The quantitative estimate of drug-likeness (QED) is 0.152. The average Bonchev–Trinajstić information content (AvgIpc) is 1.73. The number of fused-ring (bicyclic) bond motifs is 24. The van der Waals surface area contributed by atoms with Crippen molar-refractivity contribution in [1.82, 2.24) is 24.5 Å². The van der Waals surface area contributed by atoms with E-state index >= 15 is 0 Å². The Morgan fingerprint density at radius 2 is 0.663 bits per heavy atom. The molecule has 1 unspecified atom stereocenters. The third-order valence-electron chi connectivity index (χ3n) is 16.7. The number of ether oxygens (including phenoxy) is 2. The van der Waals surface area contributed by atoms with Crippen molar-refractivity contribution in [3.8, 4) is 62.6 Å². The molecule has 400 valence electrons. The molecule has 5 aromatic heterocycles. The summed E-state index contributed by atoms with van der Waals surface area (Å²) >= 11 is 11.2. The van der Waals surface area contributed by atoms with Crippen LogP contribution in [0.5, 0.6) is 23.0 Å². The van der Waals surface area contributed by atoms with Gasteiger partial charge in [-0.1, -0.05) is 165 Å². The van der Waals surface area contributed by atoms with Crippen molar-refractivity contribution in [1.29, 1.82) is 0 Å². The monoisotopic (exact) mass is 1280 g/mol. The molecular weight excluding hydrogens is 1240 g/mol. The summed E-state index contributed by atoms with van der Waals surface area (Å²) < 4.78 is 18.5. The van der Waals surface area contributed by atoms with E-state index in [1.54, 1.807) is 0 Å². The van der Waals surface area contributed by atoms with Gasteiger partial charge in [-0.3, -0.25) is 19.9 Å². The third-order valence-corrected chi connectivity index (χ3v) is 18.6. The van der Waals surface area contributed by atoms with Crippen molar-refractivity contribution in [3.05, 3.63) is 312 Å². The molecule has 0 radical (unpaired) electrons. The first-order valence-corrected chi connectivity index (χ1v) is 29.2. The average molecular weight is 1290 g/mol. The van der Waals surface area contributed by atoms with Crippen LogP contribution in [0.25, 0.3) is 61.4 Å². The van der Waals surface area contributed by atoms with Gasteiger partial charge in [-0.25, -0.2) is 0 Å². The van der Waals surface area contributed by atoms with Gasteiger partial charge in [0.25, 0.3) is 0 Å². The largest absolute Gasteiger partial charge is 0.454 e. The maximum atomic E-state index is 6.97. The van der Waals surface area contributed by atoms with Crippen molar-refractivity contribution >= 4 is 79.5 Å². The number of para-hydroxylation sites is 6. The van der Waals surface area contributed by atoms with Gasteiger partial charge in [0.1, 0.15) is 17.2 Å². The zero-order chi connectivity index (χ0) is 54.0. The molecule has 2 spiro atoms. The Bertz CT molecular complexity index is 4550. The molecule has 0 fully saturated rings. The zero-order valence-corrected chi connectivity index (χ0v) is 49.9. The van der Waals surface area contributed by atoms with Crippen LogP contribution >= 0.6 is 57.7 Å². The first-order valence-electron chi connectivity index (χ1n) is 26.8. The van der Waals surface area contributed by atoms with Gasteiger partial charge in [-0.2, -0.15) is 9.90 Å². The summed E-state index contributed by atoms with van der Waals surface area (Å²) in [6.07, 6.45) is 8.48. The van der Waals surface area contributed by atoms with Crippen LogP contribution in [0, 0.1) is 0 Å². The predicted molar refractivity (Wildman–Crippen MR) is 349 cm³/mol. The van der Waals surface area contributed by atoms with E-state index in [0.717, 1.165) is 127 Å². The maximum absolute atomic E-state index is 6.97. The van der Waals surface area contributed by atoms with Crippen LogP contribution in [0.15, 0.2) is 257 Å². The lowest BCUT2D eigenvalue weighted by molar-refractivity contribution is 0.430. The second-order valence-electron chi connectivity index (χ2n) is 20.7.